The number of hydrogen-bond donors (Lipinski definition) is 0. The number of carbonyl (C=O) groups excluding carboxylic acids is 1. The van der Waals surface area contributed by atoms with E-state index < -0.39 is 11.7 Å². The van der Waals surface area contributed by atoms with Gasteiger partial charge in [-0.15, -0.1) is 0 Å². The average Bonchev–Trinajstić information content (AvgIpc) is 2.71. The van der Waals surface area contributed by atoms with Crippen LogP contribution in [0.2, 0.25) is 0 Å². The second-order valence-electron chi connectivity index (χ2n) is 11.5. The van der Waals surface area contributed by atoms with Gasteiger partial charge in [0.2, 0.25) is 0 Å². The van der Waals surface area contributed by atoms with Gasteiger partial charge < -0.3 is 28.4 Å². The molecule has 2 aliphatic rings. The van der Waals surface area contributed by atoms with Crippen LogP contribution in [-0.4, -0.2) is 63.8 Å². The predicted octanol–water partition coefficient (Wildman–Crippen LogP) is 4.18. The molecule has 0 unspecified atom stereocenters. The summed E-state index contributed by atoms with van der Waals surface area (Å²) in [6.45, 7) is 20.9. The third-order valence-corrected chi connectivity index (χ3v) is 6.18. The van der Waals surface area contributed by atoms with Crippen molar-refractivity contribution < 1.29 is 33.2 Å². The molecule has 0 atom stereocenters. The van der Waals surface area contributed by atoms with Crippen LogP contribution in [0.1, 0.15) is 68.7 Å². The van der Waals surface area contributed by atoms with E-state index in [4.69, 9.17) is 28.4 Å². The lowest BCUT2D eigenvalue weighted by molar-refractivity contribution is -0.338. The molecule has 2 rings (SSSR count). The van der Waals surface area contributed by atoms with Crippen molar-refractivity contribution in [3.63, 3.8) is 0 Å². The standard InChI is InChI=1S/C24H44O7/c1-10-23(8,9)31-12-22(6,7)20-29-15-24(16-30-20)13-27-19(28-14-24)21(4,5)11-26-18(25)17(2)3/h17,19-20H,10-16H2,1-9H3. The highest BCUT2D eigenvalue weighted by Gasteiger charge is 2.48. The van der Waals surface area contributed by atoms with Crippen LogP contribution in [0, 0.1) is 22.2 Å². The molecule has 0 amide bonds. The molecule has 7 heteroatoms. The second kappa shape index (κ2) is 10.0. The lowest BCUT2D eigenvalue weighted by Gasteiger charge is -2.48. The summed E-state index contributed by atoms with van der Waals surface area (Å²) in [5.74, 6) is -0.367. The molecule has 0 aromatic carbocycles. The Balaban J connectivity index is 1.83. The molecule has 0 bridgehead atoms. The Labute approximate surface area is 188 Å². The lowest BCUT2D eigenvalue weighted by Crippen LogP contribution is -2.57. The quantitative estimate of drug-likeness (QED) is 0.494. The third-order valence-electron chi connectivity index (χ3n) is 6.18. The van der Waals surface area contributed by atoms with Crippen LogP contribution in [0.3, 0.4) is 0 Å². The summed E-state index contributed by atoms with van der Waals surface area (Å²) in [5.41, 5.74) is -1.20. The smallest absolute Gasteiger partial charge is 0.308 e. The molecule has 0 radical (unpaired) electrons. The largest absolute Gasteiger partial charge is 0.465 e. The minimum absolute atomic E-state index is 0.153. The van der Waals surface area contributed by atoms with Crippen molar-refractivity contribution in [1.29, 1.82) is 0 Å². The number of hydrogen-bond acceptors (Lipinski definition) is 7. The van der Waals surface area contributed by atoms with E-state index in [0.717, 1.165) is 6.42 Å². The van der Waals surface area contributed by atoms with Crippen LogP contribution in [0.5, 0.6) is 0 Å². The van der Waals surface area contributed by atoms with E-state index in [2.05, 4.69) is 34.6 Å². The van der Waals surface area contributed by atoms with Gasteiger partial charge in [0.1, 0.15) is 6.61 Å². The minimum Gasteiger partial charge on any atom is -0.465 e. The first-order valence-electron chi connectivity index (χ1n) is 11.5. The van der Waals surface area contributed by atoms with Gasteiger partial charge in [-0.05, 0) is 20.3 Å². The molecule has 2 aliphatic heterocycles. The highest BCUT2D eigenvalue weighted by atomic mass is 16.7. The predicted molar refractivity (Wildman–Crippen MR) is 117 cm³/mol. The highest BCUT2D eigenvalue weighted by molar-refractivity contribution is 5.71. The lowest BCUT2D eigenvalue weighted by atomic mass is 9.86. The van der Waals surface area contributed by atoms with Crippen molar-refractivity contribution in [2.75, 3.05) is 39.6 Å². The average molecular weight is 445 g/mol. The Kier molecular flexibility index (Phi) is 8.59. The zero-order chi connectivity index (χ0) is 23.5. The van der Waals surface area contributed by atoms with Crippen molar-refractivity contribution in [2.45, 2.75) is 86.9 Å². The molecule has 182 valence electrons. The monoisotopic (exact) mass is 444 g/mol. The fraction of sp³-hybridized carbons (Fsp3) is 0.958. The highest BCUT2D eigenvalue weighted by Crippen LogP contribution is 2.39. The molecule has 0 saturated carbocycles. The second-order valence-corrected chi connectivity index (χ2v) is 11.5. The molecule has 2 heterocycles. The maximum absolute atomic E-state index is 11.8. The van der Waals surface area contributed by atoms with Crippen LogP contribution in [0.25, 0.3) is 0 Å². The number of carbonyl (C=O) groups is 1. The SMILES string of the molecule is CCC(C)(C)OCC(C)(C)C1OCC2(COC(C(C)(C)COC(=O)C(C)C)OC2)CO1. The Morgan fingerprint density at radius 2 is 1.29 bits per heavy atom. The molecular formula is C24H44O7. The minimum atomic E-state index is -0.448. The number of ether oxygens (including phenoxy) is 6. The summed E-state index contributed by atoms with van der Waals surface area (Å²) < 4.78 is 35.9. The Morgan fingerprint density at radius 3 is 1.68 bits per heavy atom. The van der Waals surface area contributed by atoms with Crippen LogP contribution in [0.4, 0.5) is 0 Å². The van der Waals surface area contributed by atoms with E-state index >= 15 is 0 Å². The Hall–Kier alpha value is -0.730. The van der Waals surface area contributed by atoms with Crippen molar-refractivity contribution in [2.24, 2.45) is 22.2 Å². The molecule has 2 fully saturated rings. The van der Waals surface area contributed by atoms with Gasteiger partial charge in [-0.2, -0.15) is 0 Å². The van der Waals surface area contributed by atoms with Gasteiger partial charge in [-0.1, -0.05) is 48.5 Å². The number of rotatable bonds is 9. The normalized spacial score (nSPS) is 28.2. The van der Waals surface area contributed by atoms with Crippen molar-refractivity contribution >= 4 is 5.97 Å². The molecule has 31 heavy (non-hydrogen) atoms. The summed E-state index contributed by atoms with van der Waals surface area (Å²) in [4.78, 5) is 11.8. The third kappa shape index (κ3) is 7.13. The van der Waals surface area contributed by atoms with E-state index in [1.165, 1.54) is 0 Å². The van der Waals surface area contributed by atoms with E-state index in [9.17, 15) is 4.79 Å². The van der Waals surface area contributed by atoms with Crippen molar-refractivity contribution in [3.8, 4) is 0 Å². The number of esters is 1. The summed E-state index contributed by atoms with van der Waals surface area (Å²) in [5, 5.41) is 0. The fourth-order valence-electron chi connectivity index (χ4n) is 3.30. The summed E-state index contributed by atoms with van der Waals surface area (Å²) in [6.07, 6.45) is 0.161. The molecule has 2 saturated heterocycles. The van der Waals surface area contributed by atoms with Crippen LogP contribution < -0.4 is 0 Å². The van der Waals surface area contributed by atoms with Gasteiger partial charge in [0.25, 0.3) is 0 Å². The summed E-state index contributed by atoms with van der Waals surface area (Å²) in [7, 11) is 0. The van der Waals surface area contributed by atoms with Gasteiger partial charge in [0.05, 0.1) is 50.0 Å². The van der Waals surface area contributed by atoms with E-state index in [-0.39, 0.29) is 41.2 Å². The first kappa shape index (κ1) is 26.5. The summed E-state index contributed by atoms with van der Waals surface area (Å²) in [6, 6.07) is 0. The molecule has 0 aliphatic carbocycles. The van der Waals surface area contributed by atoms with E-state index in [0.29, 0.717) is 33.0 Å². The Bertz CT molecular complexity index is 579. The van der Waals surface area contributed by atoms with Gasteiger partial charge in [0.15, 0.2) is 12.6 Å². The van der Waals surface area contributed by atoms with E-state index in [1.54, 1.807) is 0 Å². The van der Waals surface area contributed by atoms with Gasteiger partial charge in [-0.3, -0.25) is 4.79 Å². The summed E-state index contributed by atoms with van der Waals surface area (Å²) >= 11 is 0. The zero-order valence-corrected chi connectivity index (χ0v) is 21.0. The maximum atomic E-state index is 11.8. The molecule has 1 spiro atoms. The van der Waals surface area contributed by atoms with Crippen molar-refractivity contribution in [1.82, 2.24) is 0 Å². The van der Waals surface area contributed by atoms with Crippen molar-refractivity contribution in [3.05, 3.63) is 0 Å². The molecule has 7 nitrogen and oxygen atoms in total. The maximum Gasteiger partial charge on any atom is 0.308 e. The molecule has 0 aromatic heterocycles. The van der Waals surface area contributed by atoms with Gasteiger partial charge in [-0.25, -0.2) is 0 Å². The first-order valence-corrected chi connectivity index (χ1v) is 11.5. The first-order chi connectivity index (χ1) is 14.2. The molecule has 0 aromatic rings. The Morgan fingerprint density at radius 1 is 0.871 bits per heavy atom. The zero-order valence-electron chi connectivity index (χ0n) is 21.0. The molecule has 0 N–H and O–H groups in total. The van der Waals surface area contributed by atoms with Crippen LogP contribution in [-0.2, 0) is 33.2 Å². The van der Waals surface area contributed by atoms with Gasteiger partial charge >= 0.3 is 5.97 Å². The molecular weight excluding hydrogens is 400 g/mol. The van der Waals surface area contributed by atoms with E-state index in [1.807, 2.05) is 27.7 Å². The van der Waals surface area contributed by atoms with Crippen LogP contribution >= 0.6 is 0 Å². The topological polar surface area (TPSA) is 72.5 Å². The fourth-order valence-corrected chi connectivity index (χ4v) is 3.30. The van der Waals surface area contributed by atoms with Crippen LogP contribution in [0.15, 0.2) is 0 Å². The van der Waals surface area contributed by atoms with Gasteiger partial charge in [0, 0.05) is 10.8 Å².